The molecule has 1 aromatic heterocycles. The second-order valence-electron chi connectivity index (χ2n) is 8.24. The number of ether oxygens (including phenoxy) is 2. The number of hydrogen-bond acceptors (Lipinski definition) is 7. The van der Waals surface area contributed by atoms with Gasteiger partial charge >= 0.3 is 5.97 Å². The van der Waals surface area contributed by atoms with Gasteiger partial charge in [-0.25, -0.2) is 9.79 Å². The number of carbonyl (C=O) groups excluding carboxylic acids is 1. The lowest BCUT2D eigenvalue weighted by atomic mass is 9.96. The molecule has 2 heterocycles. The van der Waals surface area contributed by atoms with Crippen LogP contribution in [0.2, 0.25) is 0 Å². The lowest BCUT2D eigenvalue weighted by Gasteiger charge is -2.25. The molecule has 1 N–H and O–H groups in total. The van der Waals surface area contributed by atoms with Gasteiger partial charge in [0.15, 0.2) is 4.80 Å². The molecule has 0 unspecified atom stereocenters. The van der Waals surface area contributed by atoms with Gasteiger partial charge in [-0.3, -0.25) is 9.36 Å². The second-order valence-corrected chi connectivity index (χ2v) is 10.2. The smallest absolute Gasteiger partial charge is 0.338 e. The van der Waals surface area contributed by atoms with Crippen molar-refractivity contribution in [3.05, 3.63) is 89.0 Å². The molecule has 0 saturated carbocycles. The Labute approximate surface area is 214 Å². The molecule has 1 aliphatic heterocycles. The highest BCUT2D eigenvalue weighted by molar-refractivity contribution is 9.10. The number of phenols is 1. The lowest BCUT2D eigenvalue weighted by Crippen LogP contribution is -2.40. The monoisotopic (exact) mass is 556 g/mol. The van der Waals surface area contributed by atoms with Crippen molar-refractivity contribution in [3.8, 4) is 11.5 Å². The topological polar surface area (TPSA) is 90.1 Å². The number of carbonyl (C=O) groups is 1. The van der Waals surface area contributed by atoms with Crippen molar-refractivity contribution < 1.29 is 19.4 Å². The summed E-state index contributed by atoms with van der Waals surface area (Å²) in [7, 11) is 0. The summed E-state index contributed by atoms with van der Waals surface area (Å²) in [6.45, 7) is 7.73. The fourth-order valence-corrected chi connectivity index (χ4v) is 5.29. The van der Waals surface area contributed by atoms with Gasteiger partial charge in [0.2, 0.25) is 0 Å². The number of thiazole rings is 1. The van der Waals surface area contributed by atoms with Gasteiger partial charge in [0, 0.05) is 10.0 Å². The van der Waals surface area contributed by atoms with E-state index in [9.17, 15) is 14.7 Å². The van der Waals surface area contributed by atoms with Crippen LogP contribution >= 0.6 is 27.3 Å². The van der Waals surface area contributed by atoms with Gasteiger partial charge in [-0.2, -0.15) is 0 Å². The van der Waals surface area contributed by atoms with Gasteiger partial charge in [-0.15, -0.1) is 0 Å². The fourth-order valence-electron chi connectivity index (χ4n) is 3.87. The maximum atomic E-state index is 13.7. The van der Waals surface area contributed by atoms with E-state index in [1.54, 1.807) is 45.0 Å². The number of phenolic OH excluding ortho intramolecular Hbond substituents is 1. The average Bonchev–Trinajstić information content (AvgIpc) is 3.10. The third-order valence-electron chi connectivity index (χ3n) is 5.37. The minimum absolute atomic E-state index is 0.0551. The largest absolute Gasteiger partial charge is 0.507 e. The molecule has 0 amide bonds. The number of allylic oxidation sites excluding steroid dienone is 1. The number of aromatic hydroxyl groups is 1. The highest BCUT2D eigenvalue weighted by Gasteiger charge is 2.33. The molecule has 9 heteroatoms. The van der Waals surface area contributed by atoms with Crippen LogP contribution in [0.4, 0.5) is 0 Å². The van der Waals surface area contributed by atoms with E-state index < -0.39 is 12.0 Å². The molecule has 1 aliphatic rings. The summed E-state index contributed by atoms with van der Waals surface area (Å²) in [6, 6.07) is 11.6. The Morgan fingerprint density at radius 2 is 1.97 bits per heavy atom. The molecule has 3 aromatic rings. The van der Waals surface area contributed by atoms with Crippen molar-refractivity contribution in [2.24, 2.45) is 4.99 Å². The van der Waals surface area contributed by atoms with Crippen molar-refractivity contribution in [3.63, 3.8) is 0 Å². The summed E-state index contributed by atoms with van der Waals surface area (Å²) in [6.07, 6.45) is 1.30. The molecule has 0 spiro atoms. The molecule has 0 bridgehead atoms. The maximum absolute atomic E-state index is 13.7. The number of hydrogen-bond donors (Lipinski definition) is 1. The SMILES string of the molecule is CCOc1ccc([C@@H]2C(C(=O)OC(C)C)=C(C)N=c3s/c(=C/c4cc(Br)ccc4O)c(=O)n32)cc1. The van der Waals surface area contributed by atoms with Gasteiger partial charge in [0.05, 0.1) is 34.6 Å². The Kier molecular flexibility index (Phi) is 7.28. The van der Waals surface area contributed by atoms with Crippen molar-refractivity contribution >= 4 is 39.3 Å². The molecule has 0 fully saturated rings. The third kappa shape index (κ3) is 5.11. The van der Waals surface area contributed by atoms with E-state index in [4.69, 9.17) is 9.47 Å². The molecular weight excluding hydrogens is 532 g/mol. The number of benzene rings is 2. The second kappa shape index (κ2) is 10.2. The molecule has 1 atom stereocenters. The van der Waals surface area contributed by atoms with Crippen LogP contribution in [0.15, 0.2) is 68.0 Å². The van der Waals surface area contributed by atoms with Crippen molar-refractivity contribution in [2.75, 3.05) is 6.61 Å². The zero-order chi connectivity index (χ0) is 25.3. The predicted molar refractivity (Wildman–Crippen MR) is 138 cm³/mol. The molecule has 35 heavy (non-hydrogen) atoms. The zero-order valence-electron chi connectivity index (χ0n) is 19.7. The van der Waals surface area contributed by atoms with Crippen molar-refractivity contribution in [1.82, 2.24) is 4.57 Å². The van der Waals surface area contributed by atoms with Crippen molar-refractivity contribution in [2.45, 2.75) is 39.8 Å². The first-order valence-electron chi connectivity index (χ1n) is 11.1. The molecule has 0 aliphatic carbocycles. The van der Waals surface area contributed by atoms with E-state index in [2.05, 4.69) is 20.9 Å². The zero-order valence-corrected chi connectivity index (χ0v) is 22.1. The van der Waals surface area contributed by atoms with Crippen LogP contribution in [-0.4, -0.2) is 28.4 Å². The number of esters is 1. The summed E-state index contributed by atoms with van der Waals surface area (Å²) in [5.41, 5.74) is 1.72. The van der Waals surface area contributed by atoms with E-state index in [1.165, 1.54) is 15.9 Å². The summed E-state index contributed by atoms with van der Waals surface area (Å²) in [5.74, 6) is 0.235. The Bertz CT molecular complexity index is 1490. The number of aromatic nitrogens is 1. The Hall–Kier alpha value is -3.17. The number of nitrogens with zero attached hydrogens (tertiary/aromatic N) is 2. The highest BCUT2D eigenvalue weighted by Crippen LogP contribution is 2.32. The van der Waals surface area contributed by atoms with Gasteiger partial charge < -0.3 is 14.6 Å². The van der Waals surface area contributed by atoms with Gasteiger partial charge in [-0.1, -0.05) is 39.4 Å². The Morgan fingerprint density at radius 1 is 1.26 bits per heavy atom. The molecule has 4 rings (SSSR count). The molecule has 2 aromatic carbocycles. The lowest BCUT2D eigenvalue weighted by molar-refractivity contribution is -0.143. The van der Waals surface area contributed by atoms with E-state index in [0.717, 1.165) is 10.0 Å². The first-order valence-corrected chi connectivity index (χ1v) is 12.7. The van der Waals surface area contributed by atoms with Crippen LogP contribution in [0.3, 0.4) is 0 Å². The van der Waals surface area contributed by atoms with Crippen LogP contribution in [0, 0.1) is 0 Å². The number of halogens is 1. The summed E-state index contributed by atoms with van der Waals surface area (Å²) < 4.78 is 13.8. The van der Waals surface area contributed by atoms with Crippen LogP contribution in [0.25, 0.3) is 6.08 Å². The minimum Gasteiger partial charge on any atom is -0.507 e. The molecule has 7 nitrogen and oxygen atoms in total. The average molecular weight is 557 g/mol. The van der Waals surface area contributed by atoms with E-state index in [-0.39, 0.29) is 17.4 Å². The highest BCUT2D eigenvalue weighted by atomic mass is 79.9. The standard InChI is InChI=1S/C26H25BrN2O5S/c1-5-33-19-9-6-16(7-10-19)23-22(25(32)34-14(2)3)15(4)28-26-29(23)24(31)21(35-26)13-17-12-18(27)8-11-20(17)30/h6-14,23,30H,5H2,1-4H3/b21-13+/t23-/m1/s1. The maximum Gasteiger partial charge on any atom is 0.338 e. The van der Waals surface area contributed by atoms with E-state index in [0.29, 0.717) is 38.5 Å². The summed E-state index contributed by atoms with van der Waals surface area (Å²) >= 11 is 4.60. The molecule has 0 saturated heterocycles. The quantitative estimate of drug-likeness (QED) is 0.462. The normalized spacial score (nSPS) is 15.7. The van der Waals surface area contributed by atoms with Crippen LogP contribution in [0.5, 0.6) is 11.5 Å². The van der Waals surface area contributed by atoms with E-state index >= 15 is 0 Å². The van der Waals surface area contributed by atoms with Gasteiger partial charge in [0.25, 0.3) is 5.56 Å². The molecular formula is C26H25BrN2O5S. The summed E-state index contributed by atoms with van der Waals surface area (Å²) in [4.78, 5) is 31.9. The Morgan fingerprint density at radius 3 is 2.63 bits per heavy atom. The van der Waals surface area contributed by atoms with Gasteiger partial charge in [0.1, 0.15) is 11.5 Å². The van der Waals surface area contributed by atoms with Gasteiger partial charge in [-0.05, 0) is 69.7 Å². The predicted octanol–water partition coefficient (Wildman–Crippen LogP) is 4.05. The Balaban J connectivity index is 1.93. The minimum atomic E-state index is -0.716. The number of fused-ring (bicyclic) bond motifs is 1. The first kappa shape index (κ1) is 24.9. The molecule has 0 radical (unpaired) electrons. The third-order valence-corrected chi connectivity index (χ3v) is 6.84. The summed E-state index contributed by atoms with van der Waals surface area (Å²) in [5, 5.41) is 10.3. The van der Waals surface area contributed by atoms with Crippen LogP contribution in [-0.2, 0) is 9.53 Å². The van der Waals surface area contributed by atoms with E-state index in [1.807, 2.05) is 31.2 Å². The van der Waals surface area contributed by atoms with Crippen LogP contribution in [0.1, 0.15) is 44.9 Å². The fraction of sp³-hybridized carbons (Fsp3) is 0.269. The first-order chi connectivity index (χ1) is 16.7. The molecule has 182 valence electrons. The van der Waals surface area contributed by atoms with Crippen LogP contribution < -0.4 is 19.6 Å². The number of rotatable bonds is 6. The van der Waals surface area contributed by atoms with Crippen molar-refractivity contribution in [1.29, 1.82) is 0 Å².